The second kappa shape index (κ2) is 14.0. The molecule has 0 spiro atoms. The highest BCUT2D eigenvalue weighted by Crippen LogP contribution is 2.35. The van der Waals surface area contributed by atoms with Gasteiger partial charge in [-0.3, -0.25) is 19.2 Å². The number of benzene rings is 6. The highest BCUT2D eigenvalue weighted by Gasteiger charge is 2.13. The van der Waals surface area contributed by atoms with Gasteiger partial charge in [0, 0.05) is 50.4 Å². The van der Waals surface area contributed by atoms with Crippen LogP contribution in [0.4, 0.5) is 17.1 Å². The Bertz CT molecular complexity index is 2000. The summed E-state index contributed by atoms with van der Waals surface area (Å²) in [6.45, 7) is 0. The van der Waals surface area contributed by atoms with E-state index in [2.05, 4.69) is 17.9 Å². The Labute approximate surface area is 272 Å². The van der Waals surface area contributed by atoms with Gasteiger partial charge in [-0.05, 0) is 113 Å². The summed E-state index contributed by atoms with van der Waals surface area (Å²) < 4.78 is 0. The molecule has 0 unspecified atom stereocenters. The van der Waals surface area contributed by atoms with E-state index in [0.29, 0.717) is 22.3 Å². The molecular weight excluding hydrogens is 582 g/mol. The zero-order valence-electron chi connectivity index (χ0n) is 25.2. The second-order valence-electron chi connectivity index (χ2n) is 10.8. The maximum atomic E-state index is 11.2. The van der Waals surface area contributed by atoms with Gasteiger partial charge in [0.1, 0.15) is 25.1 Å². The number of hydrogen-bond donors (Lipinski definition) is 0. The van der Waals surface area contributed by atoms with Gasteiger partial charge < -0.3 is 4.90 Å². The maximum Gasteiger partial charge on any atom is 0.150 e. The van der Waals surface area contributed by atoms with Crippen LogP contribution in [0.25, 0.3) is 22.3 Å². The van der Waals surface area contributed by atoms with Crippen LogP contribution in [0.5, 0.6) is 0 Å². The lowest BCUT2D eigenvalue weighted by molar-refractivity contribution is 0.111. The van der Waals surface area contributed by atoms with E-state index in [1.165, 1.54) is 0 Å². The van der Waals surface area contributed by atoms with Gasteiger partial charge in [0.05, 0.1) is 0 Å². The molecule has 0 bridgehead atoms. The smallest absolute Gasteiger partial charge is 0.150 e. The van der Waals surface area contributed by atoms with Gasteiger partial charge in [-0.15, -0.1) is 0 Å². The molecule has 224 valence electrons. The minimum atomic E-state index is 0.582. The minimum absolute atomic E-state index is 0.582. The topological polar surface area (TPSA) is 71.5 Å². The number of anilines is 3. The molecule has 6 aromatic carbocycles. The molecule has 0 saturated carbocycles. The van der Waals surface area contributed by atoms with Crippen LogP contribution >= 0.6 is 0 Å². The normalized spacial score (nSPS) is 10.3. The maximum absolute atomic E-state index is 11.2. The zero-order valence-corrected chi connectivity index (χ0v) is 25.2. The van der Waals surface area contributed by atoms with Crippen LogP contribution in [0.15, 0.2) is 140 Å². The number of carbonyl (C=O) groups is 4. The molecular formula is C42H27NO4. The monoisotopic (exact) mass is 609 g/mol. The number of aldehydes is 4. The number of carbonyl (C=O) groups excluding carboxylic acids is 4. The third-order valence-electron chi connectivity index (χ3n) is 7.74. The van der Waals surface area contributed by atoms with Crippen molar-refractivity contribution < 1.29 is 19.2 Å². The first-order valence-electron chi connectivity index (χ1n) is 14.9. The Morgan fingerprint density at radius 1 is 0.340 bits per heavy atom. The van der Waals surface area contributed by atoms with Gasteiger partial charge in [-0.25, -0.2) is 0 Å². The lowest BCUT2D eigenvalue weighted by Crippen LogP contribution is -2.10. The van der Waals surface area contributed by atoms with E-state index in [1.54, 1.807) is 48.5 Å². The van der Waals surface area contributed by atoms with Crippen LogP contribution in [-0.2, 0) is 0 Å². The van der Waals surface area contributed by atoms with Crippen LogP contribution in [0.1, 0.15) is 52.6 Å². The van der Waals surface area contributed by atoms with Gasteiger partial charge >= 0.3 is 0 Å². The van der Waals surface area contributed by atoms with Gasteiger partial charge in [0.15, 0.2) is 0 Å². The Hall–Kier alpha value is -6.64. The lowest BCUT2D eigenvalue weighted by atomic mass is 9.95. The predicted octanol–water partition coefficient (Wildman–Crippen LogP) is 9.14. The van der Waals surface area contributed by atoms with E-state index in [-0.39, 0.29) is 0 Å². The molecule has 6 rings (SSSR count). The molecule has 0 radical (unpaired) electrons. The summed E-state index contributed by atoms with van der Waals surface area (Å²) in [4.78, 5) is 46.9. The van der Waals surface area contributed by atoms with E-state index in [9.17, 15) is 19.2 Å². The van der Waals surface area contributed by atoms with Crippen molar-refractivity contribution in [1.29, 1.82) is 0 Å². The van der Waals surface area contributed by atoms with Gasteiger partial charge in [0.2, 0.25) is 0 Å². The lowest BCUT2D eigenvalue weighted by Gasteiger charge is -2.25. The Kier molecular flexibility index (Phi) is 9.04. The van der Waals surface area contributed by atoms with Crippen molar-refractivity contribution in [3.8, 4) is 34.1 Å². The van der Waals surface area contributed by atoms with E-state index in [1.807, 2.05) is 89.8 Å². The first-order chi connectivity index (χ1) is 23.1. The first kappa shape index (κ1) is 30.4. The second-order valence-corrected chi connectivity index (χ2v) is 10.8. The van der Waals surface area contributed by atoms with Crippen LogP contribution < -0.4 is 4.90 Å². The number of rotatable bonds is 9. The largest absolute Gasteiger partial charge is 0.311 e. The fourth-order valence-corrected chi connectivity index (χ4v) is 5.23. The molecule has 6 aromatic rings. The van der Waals surface area contributed by atoms with Crippen molar-refractivity contribution in [2.45, 2.75) is 0 Å². The molecule has 0 fully saturated rings. The standard InChI is InChI=1S/C42H27NO4/c44-26-31-3-13-36(14-4-31)38-23-35(24-39(25-38)37-15-5-32(27-45)6-16-37)2-1-30-7-17-40(18-8-30)43(41-19-9-33(28-46)10-20-41)42-21-11-34(29-47)12-22-42/h3-29H. The summed E-state index contributed by atoms with van der Waals surface area (Å²) in [6, 6.07) is 43.4. The fraction of sp³-hybridized carbons (Fsp3) is 0. The molecule has 0 saturated heterocycles. The predicted molar refractivity (Wildman–Crippen MR) is 186 cm³/mol. The van der Waals surface area contributed by atoms with E-state index in [0.717, 1.165) is 75.6 Å². The third kappa shape index (κ3) is 7.04. The van der Waals surface area contributed by atoms with Crippen molar-refractivity contribution >= 4 is 42.2 Å². The summed E-state index contributed by atoms with van der Waals surface area (Å²) in [7, 11) is 0. The molecule has 0 amide bonds. The van der Waals surface area contributed by atoms with Crippen molar-refractivity contribution in [3.05, 3.63) is 173 Å². The minimum Gasteiger partial charge on any atom is -0.311 e. The molecule has 5 nitrogen and oxygen atoms in total. The Morgan fingerprint density at radius 2 is 0.660 bits per heavy atom. The fourth-order valence-electron chi connectivity index (χ4n) is 5.23. The first-order valence-corrected chi connectivity index (χ1v) is 14.9. The van der Waals surface area contributed by atoms with Crippen molar-refractivity contribution in [1.82, 2.24) is 0 Å². The Morgan fingerprint density at radius 3 is 1.02 bits per heavy atom. The van der Waals surface area contributed by atoms with Crippen LogP contribution in [0.2, 0.25) is 0 Å². The molecule has 0 aliphatic heterocycles. The van der Waals surface area contributed by atoms with Crippen molar-refractivity contribution in [2.75, 3.05) is 4.90 Å². The quantitative estimate of drug-likeness (QED) is 0.121. The SMILES string of the molecule is O=Cc1ccc(-c2cc(C#Cc3ccc(N(c4ccc(C=O)cc4)c4ccc(C=O)cc4)cc3)cc(-c3ccc(C=O)cc3)c2)cc1. The molecule has 47 heavy (non-hydrogen) atoms. The van der Waals surface area contributed by atoms with E-state index < -0.39 is 0 Å². The summed E-state index contributed by atoms with van der Waals surface area (Å²) in [5.74, 6) is 6.61. The highest BCUT2D eigenvalue weighted by molar-refractivity contribution is 5.83. The van der Waals surface area contributed by atoms with Crippen LogP contribution in [0, 0.1) is 11.8 Å². The molecule has 5 heteroatoms. The molecule has 0 atom stereocenters. The van der Waals surface area contributed by atoms with E-state index in [4.69, 9.17) is 0 Å². The zero-order chi connectivity index (χ0) is 32.6. The summed E-state index contributed by atoms with van der Waals surface area (Å²) in [5, 5.41) is 0. The average molecular weight is 610 g/mol. The van der Waals surface area contributed by atoms with Crippen LogP contribution in [0.3, 0.4) is 0 Å². The van der Waals surface area contributed by atoms with Gasteiger partial charge in [-0.2, -0.15) is 0 Å². The van der Waals surface area contributed by atoms with Gasteiger partial charge in [-0.1, -0.05) is 60.4 Å². The summed E-state index contributed by atoms with van der Waals surface area (Å²) in [5.41, 5.74) is 10.4. The van der Waals surface area contributed by atoms with Crippen molar-refractivity contribution in [3.63, 3.8) is 0 Å². The Balaban J connectivity index is 1.35. The number of hydrogen-bond acceptors (Lipinski definition) is 5. The third-order valence-corrected chi connectivity index (χ3v) is 7.74. The summed E-state index contributed by atoms with van der Waals surface area (Å²) in [6.07, 6.45) is 3.27. The van der Waals surface area contributed by atoms with Crippen molar-refractivity contribution in [2.24, 2.45) is 0 Å². The van der Waals surface area contributed by atoms with E-state index >= 15 is 0 Å². The molecule has 0 aliphatic carbocycles. The highest BCUT2D eigenvalue weighted by atomic mass is 16.1. The molecule has 0 aromatic heterocycles. The average Bonchev–Trinajstić information content (AvgIpc) is 3.15. The molecule has 0 N–H and O–H groups in total. The molecule has 0 heterocycles. The summed E-state index contributed by atoms with van der Waals surface area (Å²) >= 11 is 0. The van der Waals surface area contributed by atoms with Gasteiger partial charge in [0.25, 0.3) is 0 Å². The van der Waals surface area contributed by atoms with Crippen LogP contribution in [-0.4, -0.2) is 25.1 Å². The number of nitrogens with zero attached hydrogens (tertiary/aromatic N) is 1. The molecule has 0 aliphatic rings.